The molecule has 118 valence electrons. The standard InChI is InChI=1S/C14H28N2O3S/c1-6-14(7-2,20-5)10-15-13(19)16(8-3)11(4)9-12(17)18/h11H,6-10H2,1-5H3,(H,15,19)(H,17,18). The summed E-state index contributed by atoms with van der Waals surface area (Å²) in [5.41, 5.74) is 0. The van der Waals surface area contributed by atoms with Crippen LogP contribution >= 0.6 is 11.8 Å². The fraction of sp³-hybridized carbons (Fsp3) is 0.857. The van der Waals surface area contributed by atoms with Crippen LogP contribution in [0, 0.1) is 0 Å². The molecule has 1 atom stereocenters. The number of nitrogens with one attached hydrogen (secondary N) is 1. The zero-order valence-electron chi connectivity index (χ0n) is 13.2. The maximum atomic E-state index is 12.2. The highest BCUT2D eigenvalue weighted by Gasteiger charge is 2.27. The van der Waals surface area contributed by atoms with E-state index in [1.165, 1.54) is 0 Å². The number of nitrogens with zero attached hydrogens (tertiary/aromatic N) is 1. The summed E-state index contributed by atoms with van der Waals surface area (Å²) in [5.74, 6) is -0.885. The molecule has 20 heavy (non-hydrogen) atoms. The van der Waals surface area contributed by atoms with Gasteiger partial charge in [0.15, 0.2) is 0 Å². The Morgan fingerprint density at radius 3 is 2.20 bits per heavy atom. The Kier molecular flexibility index (Phi) is 8.69. The normalized spacial score (nSPS) is 12.8. The molecule has 0 aromatic rings. The van der Waals surface area contributed by atoms with E-state index in [4.69, 9.17) is 5.11 Å². The summed E-state index contributed by atoms with van der Waals surface area (Å²) in [5, 5.41) is 11.8. The highest BCUT2D eigenvalue weighted by Crippen LogP contribution is 2.29. The molecular formula is C14H28N2O3S. The number of rotatable bonds is 9. The minimum Gasteiger partial charge on any atom is -0.481 e. The van der Waals surface area contributed by atoms with E-state index >= 15 is 0 Å². The molecule has 0 fully saturated rings. The van der Waals surface area contributed by atoms with Gasteiger partial charge in [-0.2, -0.15) is 11.8 Å². The number of carbonyl (C=O) groups excluding carboxylic acids is 1. The minimum absolute atomic E-state index is 0.0313. The predicted molar refractivity (Wildman–Crippen MR) is 84.3 cm³/mol. The lowest BCUT2D eigenvalue weighted by molar-refractivity contribution is -0.138. The summed E-state index contributed by atoms with van der Waals surface area (Å²) >= 11 is 1.77. The van der Waals surface area contributed by atoms with E-state index in [0.717, 1.165) is 12.8 Å². The Labute approximate surface area is 126 Å². The number of amides is 2. The van der Waals surface area contributed by atoms with Crippen molar-refractivity contribution in [2.75, 3.05) is 19.3 Å². The number of aliphatic carboxylic acids is 1. The Bertz CT molecular complexity index is 311. The van der Waals surface area contributed by atoms with Gasteiger partial charge in [-0.3, -0.25) is 4.79 Å². The second-order valence-corrected chi connectivity index (χ2v) is 6.26. The van der Waals surface area contributed by atoms with Crippen LogP contribution in [0.15, 0.2) is 0 Å². The lowest BCUT2D eigenvalue weighted by Crippen LogP contribution is -2.49. The van der Waals surface area contributed by atoms with E-state index < -0.39 is 5.97 Å². The average Bonchev–Trinajstić information content (AvgIpc) is 2.41. The maximum Gasteiger partial charge on any atom is 0.317 e. The number of carboxylic acid groups (broad SMARTS) is 1. The highest BCUT2D eigenvalue weighted by atomic mass is 32.2. The topological polar surface area (TPSA) is 69.6 Å². The van der Waals surface area contributed by atoms with Crippen molar-refractivity contribution in [3.63, 3.8) is 0 Å². The lowest BCUT2D eigenvalue weighted by atomic mass is 10.0. The molecule has 0 saturated heterocycles. The van der Waals surface area contributed by atoms with Crippen molar-refractivity contribution < 1.29 is 14.7 Å². The van der Waals surface area contributed by atoms with E-state index in [2.05, 4.69) is 25.4 Å². The van der Waals surface area contributed by atoms with Crippen molar-refractivity contribution in [1.29, 1.82) is 0 Å². The van der Waals surface area contributed by atoms with Gasteiger partial charge < -0.3 is 15.3 Å². The molecule has 2 N–H and O–H groups in total. The van der Waals surface area contributed by atoms with Crippen LogP contribution in [0.3, 0.4) is 0 Å². The van der Waals surface area contributed by atoms with Gasteiger partial charge in [0.1, 0.15) is 0 Å². The number of thioether (sulfide) groups is 1. The van der Waals surface area contributed by atoms with Gasteiger partial charge in [-0.25, -0.2) is 4.79 Å². The number of hydrogen-bond acceptors (Lipinski definition) is 3. The summed E-state index contributed by atoms with van der Waals surface area (Å²) in [4.78, 5) is 24.5. The fourth-order valence-electron chi connectivity index (χ4n) is 2.22. The Balaban J connectivity index is 4.60. The van der Waals surface area contributed by atoms with Crippen LogP contribution < -0.4 is 5.32 Å². The molecular weight excluding hydrogens is 276 g/mol. The van der Waals surface area contributed by atoms with E-state index in [1.54, 1.807) is 23.6 Å². The van der Waals surface area contributed by atoms with Gasteiger partial charge in [0.05, 0.1) is 6.42 Å². The molecule has 6 heteroatoms. The van der Waals surface area contributed by atoms with Crippen LogP contribution in [0.4, 0.5) is 4.79 Å². The first kappa shape index (κ1) is 19.1. The van der Waals surface area contributed by atoms with Crippen molar-refractivity contribution in [1.82, 2.24) is 10.2 Å². The molecule has 0 bridgehead atoms. The summed E-state index contributed by atoms with van der Waals surface area (Å²) in [6, 6.07) is -0.481. The Morgan fingerprint density at radius 2 is 1.85 bits per heavy atom. The molecule has 2 amide bonds. The van der Waals surface area contributed by atoms with Crippen LogP contribution in [0.1, 0.15) is 47.0 Å². The number of urea groups is 1. The average molecular weight is 304 g/mol. The number of hydrogen-bond donors (Lipinski definition) is 2. The third-order valence-electron chi connectivity index (χ3n) is 3.89. The van der Waals surface area contributed by atoms with Gasteiger partial charge >= 0.3 is 12.0 Å². The molecule has 0 spiro atoms. The second-order valence-electron chi connectivity index (χ2n) is 4.99. The quantitative estimate of drug-likeness (QED) is 0.687. The monoisotopic (exact) mass is 304 g/mol. The molecule has 0 rings (SSSR count). The Morgan fingerprint density at radius 1 is 1.30 bits per heavy atom. The van der Waals surface area contributed by atoms with Crippen molar-refractivity contribution in [3.8, 4) is 0 Å². The Hall–Kier alpha value is -0.910. The van der Waals surface area contributed by atoms with Gasteiger partial charge in [0.2, 0.25) is 0 Å². The van der Waals surface area contributed by atoms with Crippen molar-refractivity contribution in [2.45, 2.75) is 57.7 Å². The first-order chi connectivity index (χ1) is 9.35. The summed E-state index contributed by atoms with van der Waals surface area (Å²) in [7, 11) is 0. The van der Waals surface area contributed by atoms with E-state index in [9.17, 15) is 9.59 Å². The van der Waals surface area contributed by atoms with Gasteiger partial charge in [-0.15, -0.1) is 0 Å². The second kappa shape index (κ2) is 9.10. The molecule has 0 aliphatic carbocycles. The highest BCUT2D eigenvalue weighted by molar-refractivity contribution is 8.00. The van der Waals surface area contributed by atoms with Gasteiger partial charge in [0.25, 0.3) is 0 Å². The third kappa shape index (κ3) is 5.61. The summed E-state index contributed by atoms with van der Waals surface area (Å²) < 4.78 is 0.0606. The molecule has 5 nitrogen and oxygen atoms in total. The third-order valence-corrected chi connectivity index (χ3v) is 5.47. The fourth-order valence-corrected chi connectivity index (χ4v) is 3.01. The zero-order valence-corrected chi connectivity index (χ0v) is 14.0. The van der Waals surface area contributed by atoms with Crippen molar-refractivity contribution in [3.05, 3.63) is 0 Å². The number of carbonyl (C=O) groups is 2. The molecule has 1 unspecified atom stereocenters. The molecule has 0 heterocycles. The van der Waals surface area contributed by atoms with Crippen LogP contribution in [0.5, 0.6) is 0 Å². The molecule has 0 aliphatic rings. The van der Waals surface area contributed by atoms with Crippen LogP contribution in [0.2, 0.25) is 0 Å². The van der Waals surface area contributed by atoms with Crippen LogP contribution in [-0.4, -0.2) is 52.1 Å². The maximum absolute atomic E-state index is 12.2. The smallest absolute Gasteiger partial charge is 0.317 e. The van der Waals surface area contributed by atoms with Crippen LogP contribution in [-0.2, 0) is 4.79 Å². The molecule has 0 aliphatic heterocycles. The first-order valence-corrected chi connectivity index (χ1v) is 8.39. The van der Waals surface area contributed by atoms with Crippen LogP contribution in [0.25, 0.3) is 0 Å². The molecule has 0 aromatic carbocycles. The van der Waals surface area contributed by atoms with E-state index in [-0.39, 0.29) is 23.2 Å². The minimum atomic E-state index is -0.885. The molecule has 0 saturated carbocycles. The lowest BCUT2D eigenvalue weighted by Gasteiger charge is -2.33. The number of carboxylic acids is 1. The summed E-state index contributed by atoms with van der Waals surface area (Å²) in [6.07, 6.45) is 4.00. The SMILES string of the molecule is CCN(C(=O)NCC(CC)(CC)SC)C(C)CC(=O)O. The largest absolute Gasteiger partial charge is 0.481 e. The van der Waals surface area contributed by atoms with E-state index in [1.807, 2.05) is 6.92 Å². The van der Waals surface area contributed by atoms with E-state index in [0.29, 0.717) is 13.1 Å². The van der Waals surface area contributed by atoms with Gasteiger partial charge in [-0.05, 0) is 32.9 Å². The van der Waals surface area contributed by atoms with Gasteiger partial charge in [0, 0.05) is 23.9 Å². The zero-order chi connectivity index (χ0) is 15.8. The first-order valence-electron chi connectivity index (χ1n) is 7.17. The van der Waals surface area contributed by atoms with Crippen molar-refractivity contribution in [2.24, 2.45) is 0 Å². The van der Waals surface area contributed by atoms with Gasteiger partial charge in [-0.1, -0.05) is 13.8 Å². The summed E-state index contributed by atoms with van der Waals surface area (Å²) in [6.45, 7) is 8.98. The predicted octanol–water partition coefficient (Wildman–Crippen LogP) is 2.80. The van der Waals surface area contributed by atoms with Crippen molar-refractivity contribution >= 4 is 23.8 Å². The molecule has 0 aromatic heterocycles. The molecule has 0 radical (unpaired) electrons.